The number of nitrogens with zero attached hydrogens (tertiary/aromatic N) is 2. The van der Waals surface area contributed by atoms with E-state index in [1.807, 2.05) is 6.92 Å². The van der Waals surface area contributed by atoms with Crippen LogP contribution in [0.25, 0.3) is 0 Å². The van der Waals surface area contributed by atoms with Crippen LogP contribution in [0.1, 0.15) is 18.1 Å². The topological polar surface area (TPSA) is 76.7 Å². The molecule has 1 aromatic carbocycles. The molecule has 1 aromatic heterocycles. The van der Waals surface area contributed by atoms with Crippen molar-refractivity contribution in [1.82, 2.24) is 14.8 Å². The first-order valence-corrected chi connectivity index (χ1v) is 7.10. The maximum atomic E-state index is 11.5. The van der Waals surface area contributed by atoms with Crippen LogP contribution in [0.15, 0.2) is 33.0 Å². The van der Waals surface area contributed by atoms with Gasteiger partial charge in [0.05, 0.1) is 0 Å². The smallest absolute Gasteiger partial charge is 0.330 e. The molecule has 0 radical (unpaired) electrons. The summed E-state index contributed by atoms with van der Waals surface area (Å²) < 4.78 is 1.62. The van der Waals surface area contributed by atoms with Gasteiger partial charge in [-0.2, -0.15) is 0 Å². The number of rotatable bonds is 5. The summed E-state index contributed by atoms with van der Waals surface area (Å²) >= 11 is 1.50. The Morgan fingerprint density at radius 3 is 2.89 bits per heavy atom. The van der Waals surface area contributed by atoms with Crippen molar-refractivity contribution in [3.8, 4) is 0 Å². The van der Waals surface area contributed by atoms with Gasteiger partial charge in [-0.3, -0.25) is 4.57 Å². The third-order valence-corrected chi connectivity index (χ3v) is 4.09. The van der Waals surface area contributed by atoms with Gasteiger partial charge in [-0.25, -0.2) is 9.89 Å². The Hall–Kier alpha value is -1.53. The summed E-state index contributed by atoms with van der Waals surface area (Å²) in [6.07, 6.45) is 0.883. The van der Waals surface area contributed by atoms with E-state index in [0.29, 0.717) is 18.2 Å². The number of aromatic amines is 1. The number of aromatic nitrogens is 3. The Balaban J connectivity index is 2.26. The van der Waals surface area contributed by atoms with Crippen LogP contribution >= 0.6 is 11.8 Å². The summed E-state index contributed by atoms with van der Waals surface area (Å²) in [5, 5.41) is 7.23. The lowest BCUT2D eigenvalue weighted by Gasteiger charge is -2.07. The summed E-state index contributed by atoms with van der Waals surface area (Å²) in [5.41, 5.74) is 7.80. The first kappa shape index (κ1) is 13.9. The minimum atomic E-state index is -0.164. The molecule has 2 rings (SSSR count). The molecule has 6 heteroatoms. The highest BCUT2D eigenvalue weighted by Gasteiger charge is 2.10. The summed E-state index contributed by atoms with van der Waals surface area (Å²) in [6, 6.07) is 6.27. The van der Waals surface area contributed by atoms with E-state index in [4.69, 9.17) is 5.73 Å². The quantitative estimate of drug-likeness (QED) is 0.870. The Kier molecular flexibility index (Phi) is 4.44. The first-order chi connectivity index (χ1) is 9.15. The molecular formula is C13H18N4OS. The van der Waals surface area contributed by atoms with Crippen LogP contribution in [-0.2, 0) is 13.0 Å². The van der Waals surface area contributed by atoms with Gasteiger partial charge in [0.2, 0.25) is 0 Å². The van der Waals surface area contributed by atoms with Crippen molar-refractivity contribution in [1.29, 1.82) is 0 Å². The summed E-state index contributed by atoms with van der Waals surface area (Å²) in [6.45, 7) is 5.25. The predicted molar refractivity (Wildman–Crippen MR) is 76.6 cm³/mol. The van der Waals surface area contributed by atoms with E-state index >= 15 is 0 Å². The van der Waals surface area contributed by atoms with Crippen molar-refractivity contribution < 1.29 is 0 Å². The molecule has 102 valence electrons. The number of nitrogens with one attached hydrogen (secondary N) is 1. The molecule has 0 fully saturated rings. The van der Waals surface area contributed by atoms with Gasteiger partial charge in [0.15, 0.2) is 5.16 Å². The molecule has 0 aliphatic heterocycles. The van der Waals surface area contributed by atoms with E-state index in [0.717, 1.165) is 11.3 Å². The van der Waals surface area contributed by atoms with E-state index in [9.17, 15) is 4.79 Å². The standard InChI is InChI=1S/C13H18N4OS/c1-3-17-12(18)15-16-13(17)19-11-5-4-10(6-7-14)8-9(11)2/h4-5,8H,3,6-7,14H2,1-2H3,(H,15,18). The van der Waals surface area contributed by atoms with Crippen LogP contribution in [0.2, 0.25) is 0 Å². The predicted octanol–water partition coefficient (Wildman–Crippen LogP) is 1.55. The molecule has 5 nitrogen and oxygen atoms in total. The number of hydrogen-bond donors (Lipinski definition) is 2. The lowest BCUT2D eigenvalue weighted by atomic mass is 10.1. The average Bonchev–Trinajstić information content (AvgIpc) is 2.73. The fraction of sp³-hybridized carbons (Fsp3) is 0.385. The fourth-order valence-corrected chi connectivity index (χ4v) is 2.87. The van der Waals surface area contributed by atoms with Crippen LogP contribution in [0.3, 0.4) is 0 Å². The number of aryl methyl sites for hydroxylation is 1. The minimum Gasteiger partial charge on any atom is -0.330 e. The summed E-state index contributed by atoms with van der Waals surface area (Å²) in [5.74, 6) is 0. The maximum Gasteiger partial charge on any atom is 0.343 e. The third kappa shape index (κ3) is 3.08. The van der Waals surface area contributed by atoms with Crippen molar-refractivity contribution in [3.05, 3.63) is 39.8 Å². The van der Waals surface area contributed by atoms with Crippen molar-refractivity contribution >= 4 is 11.8 Å². The Bertz CT molecular complexity index is 617. The molecule has 0 spiro atoms. The molecule has 0 atom stereocenters. The third-order valence-electron chi connectivity index (χ3n) is 2.91. The number of H-pyrrole nitrogens is 1. The van der Waals surface area contributed by atoms with Crippen molar-refractivity contribution in [2.75, 3.05) is 6.54 Å². The monoisotopic (exact) mass is 278 g/mol. The minimum absolute atomic E-state index is 0.164. The zero-order valence-electron chi connectivity index (χ0n) is 11.1. The highest BCUT2D eigenvalue weighted by atomic mass is 32.2. The van der Waals surface area contributed by atoms with E-state index in [2.05, 4.69) is 35.3 Å². The second-order valence-corrected chi connectivity index (χ2v) is 5.31. The normalized spacial score (nSPS) is 10.9. The zero-order chi connectivity index (χ0) is 13.8. The van der Waals surface area contributed by atoms with Gasteiger partial charge < -0.3 is 5.73 Å². The van der Waals surface area contributed by atoms with Crippen LogP contribution in [0, 0.1) is 6.92 Å². The average molecular weight is 278 g/mol. The molecule has 19 heavy (non-hydrogen) atoms. The van der Waals surface area contributed by atoms with Gasteiger partial charge in [0.1, 0.15) is 0 Å². The lowest BCUT2D eigenvalue weighted by molar-refractivity contribution is 0.660. The molecule has 0 saturated carbocycles. The molecule has 0 aliphatic carbocycles. The molecule has 3 N–H and O–H groups in total. The molecular weight excluding hydrogens is 260 g/mol. The van der Waals surface area contributed by atoms with Crippen molar-refractivity contribution in [2.24, 2.45) is 5.73 Å². The van der Waals surface area contributed by atoms with Gasteiger partial charge in [-0.05, 0) is 55.8 Å². The first-order valence-electron chi connectivity index (χ1n) is 6.28. The van der Waals surface area contributed by atoms with Gasteiger partial charge in [-0.1, -0.05) is 12.1 Å². The SMILES string of the molecule is CCn1c(Sc2ccc(CCN)cc2C)n[nH]c1=O. The molecule has 0 unspecified atom stereocenters. The van der Waals surface area contributed by atoms with E-state index < -0.39 is 0 Å². The van der Waals surface area contributed by atoms with Crippen molar-refractivity contribution in [2.45, 2.75) is 36.9 Å². The van der Waals surface area contributed by atoms with Crippen LogP contribution in [0.5, 0.6) is 0 Å². The number of benzene rings is 1. The van der Waals surface area contributed by atoms with E-state index in [1.54, 1.807) is 4.57 Å². The largest absolute Gasteiger partial charge is 0.343 e. The van der Waals surface area contributed by atoms with Gasteiger partial charge in [-0.15, -0.1) is 5.10 Å². The maximum absolute atomic E-state index is 11.5. The molecule has 0 amide bonds. The second kappa shape index (κ2) is 6.08. The highest BCUT2D eigenvalue weighted by molar-refractivity contribution is 7.99. The summed E-state index contributed by atoms with van der Waals surface area (Å²) in [7, 11) is 0. The molecule has 2 aromatic rings. The summed E-state index contributed by atoms with van der Waals surface area (Å²) in [4.78, 5) is 12.6. The van der Waals surface area contributed by atoms with Crippen LogP contribution < -0.4 is 11.4 Å². The van der Waals surface area contributed by atoms with E-state index in [1.165, 1.54) is 22.9 Å². The van der Waals surface area contributed by atoms with Gasteiger partial charge in [0, 0.05) is 11.4 Å². The van der Waals surface area contributed by atoms with Gasteiger partial charge in [0.25, 0.3) is 0 Å². The second-order valence-electron chi connectivity index (χ2n) is 4.30. The molecule has 0 aliphatic rings. The fourth-order valence-electron chi connectivity index (χ4n) is 1.91. The lowest BCUT2D eigenvalue weighted by Crippen LogP contribution is -2.16. The molecule has 0 saturated heterocycles. The van der Waals surface area contributed by atoms with Gasteiger partial charge >= 0.3 is 5.69 Å². The molecule has 1 heterocycles. The Morgan fingerprint density at radius 1 is 1.47 bits per heavy atom. The molecule has 0 bridgehead atoms. The van der Waals surface area contributed by atoms with Crippen molar-refractivity contribution in [3.63, 3.8) is 0 Å². The van der Waals surface area contributed by atoms with Crippen LogP contribution in [-0.4, -0.2) is 21.3 Å². The number of nitrogens with two attached hydrogens (primary N) is 1. The Morgan fingerprint density at radius 2 is 2.26 bits per heavy atom. The Labute approximate surface area is 116 Å². The highest BCUT2D eigenvalue weighted by Crippen LogP contribution is 2.28. The van der Waals surface area contributed by atoms with E-state index in [-0.39, 0.29) is 5.69 Å². The van der Waals surface area contributed by atoms with Crippen LogP contribution in [0.4, 0.5) is 0 Å². The number of hydrogen-bond acceptors (Lipinski definition) is 4. The zero-order valence-corrected chi connectivity index (χ0v) is 12.0.